The van der Waals surface area contributed by atoms with Crippen LogP contribution < -0.4 is 5.32 Å². The highest BCUT2D eigenvalue weighted by atomic mass is 35.5. The SMILES string of the molecule is Cc1nnnn1-c1cc(NC(=O)CSc2cc(Cl)ccc2Cl)ccc1F. The molecule has 1 aromatic heterocycles. The van der Waals surface area contributed by atoms with E-state index in [1.54, 1.807) is 25.1 Å². The average Bonchev–Trinajstić information content (AvgIpc) is 3.03. The van der Waals surface area contributed by atoms with E-state index in [1.807, 2.05) is 0 Å². The molecule has 0 radical (unpaired) electrons. The number of thioether (sulfide) groups is 1. The number of halogens is 3. The third-order valence-electron chi connectivity index (χ3n) is 3.34. The summed E-state index contributed by atoms with van der Waals surface area (Å²) in [6.07, 6.45) is 0. The van der Waals surface area contributed by atoms with Gasteiger partial charge in [0.2, 0.25) is 5.91 Å². The number of aryl methyl sites for hydroxylation is 1. The fourth-order valence-corrected chi connectivity index (χ4v) is 3.43. The van der Waals surface area contributed by atoms with Crippen LogP contribution >= 0.6 is 35.0 Å². The predicted octanol–water partition coefficient (Wildman–Crippen LogP) is 4.15. The number of amides is 1. The van der Waals surface area contributed by atoms with Gasteiger partial charge in [0.15, 0.2) is 5.82 Å². The quantitative estimate of drug-likeness (QED) is 0.638. The fraction of sp³-hybridized carbons (Fsp3) is 0.125. The van der Waals surface area contributed by atoms with Crippen LogP contribution in [0, 0.1) is 12.7 Å². The molecule has 0 saturated heterocycles. The minimum absolute atomic E-state index is 0.122. The molecule has 1 heterocycles. The molecule has 1 N–H and O–H groups in total. The topological polar surface area (TPSA) is 72.7 Å². The van der Waals surface area contributed by atoms with Gasteiger partial charge in [-0.2, -0.15) is 4.68 Å². The van der Waals surface area contributed by atoms with Crippen LogP contribution in [0.2, 0.25) is 10.0 Å². The van der Waals surface area contributed by atoms with E-state index in [0.29, 0.717) is 26.5 Å². The Morgan fingerprint density at radius 3 is 2.81 bits per heavy atom. The van der Waals surface area contributed by atoms with Crippen LogP contribution in [-0.2, 0) is 4.79 Å². The third-order valence-corrected chi connectivity index (χ3v) is 5.07. The zero-order valence-corrected chi connectivity index (χ0v) is 15.7. The van der Waals surface area contributed by atoms with E-state index in [4.69, 9.17) is 23.2 Å². The molecule has 0 unspecified atom stereocenters. The molecule has 3 aromatic rings. The molecule has 26 heavy (non-hydrogen) atoms. The van der Waals surface area contributed by atoms with Crippen molar-refractivity contribution in [1.82, 2.24) is 20.2 Å². The molecule has 0 aliphatic carbocycles. The van der Waals surface area contributed by atoms with Crippen LogP contribution in [0.5, 0.6) is 0 Å². The van der Waals surface area contributed by atoms with Crippen molar-refractivity contribution in [2.45, 2.75) is 11.8 Å². The number of rotatable bonds is 5. The molecule has 1 amide bonds. The summed E-state index contributed by atoms with van der Waals surface area (Å²) in [4.78, 5) is 12.9. The normalized spacial score (nSPS) is 10.8. The minimum Gasteiger partial charge on any atom is -0.325 e. The van der Waals surface area contributed by atoms with Crippen molar-refractivity contribution in [3.8, 4) is 5.69 Å². The molecule has 0 saturated carbocycles. The summed E-state index contributed by atoms with van der Waals surface area (Å²) in [5, 5.41) is 14.7. The number of hydrogen-bond acceptors (Lipinski definition) is 5. The van der Waals surface area contributed by atoms with Gasteiger partial charge in [-0.15, -0.1) is 16.9 Å². The second-order valence-electron chi connectivity index (χ2n) is 5.22. The molecule has 0 bridgehead atoms. The number of carbonyl (C=O) groups excluding carboxylic acids is 1. The summed E-state index contributed by atoms with van der Waals surface area (Å²) >= 11 is 13.3. The predicted molar refractivity (Wildman–Crippen MR) is 99.7 cm³/mol. The molecule has 134 valence electrons. The van der Waals surface area contributed by atoms with Crippen LogP contribution in [-0.4, -0.2) is 31.9 Å². The molecular formula is C16H12Cl2FN5OS. The molecule has 0 fully saturated rings. The first-order valence-corrected chi connectivity index (χ1v) is 9.11. The summed E-state index contributed by atoms with van der Waals surface area (Å²) in [5.74, 6) is -0.217. The lowest BCUT2D eigenvalue weighted by atomic mass is 10.2. The molecule has 0 aliphatic rings. The summed E-state index contributed by atoms with van der Waals surface area (Å²) in [5.41, 5.74) is 0.579. The van der Waals surface area contributed by atoms with Gasteiger partial charge in [0.05, 0.1) is 10.8 Å². The lowest BCUT2D eigenvalue weighted by molar-refractivity contribution is -0.113. The van der Waals surface area contributed by atoms with Gasteiger partial charge in [0, 0.05) is 15.6 Å². The van der Waals surface area contributed by atoms with E-state index in [0.717, 1.165) is 0 Å². The molecular weight excluding hydrogens is 400 g/mol. The number of nitrogens with zero attached hydrogens (tertiary/aromatic N) is 4. The van der Waals surface area contributed by atoms with E-state index in [-0.39, 0.29) is 17.3 Å². The Hall–Kier alpha value is -2.16. The smallest absolute Gasteiger partial charge is 0.234 e. The Morgan fingerprint density at radius 1 is 1.27 bits per heavy atom. The molecule has 0 spiro atoms. The highest BCUT2D eigenvalue weighted by molar-refractivity contribution is 8.00. The zero-order chi connectivity index (χ0) is 18.7. The maximum absolute atomic E-state index is 14.0. The first-order valence-electron chi connectivity index (χ1n) is 7.36. The van der Waals surface area contributed by atoms with Crippen LogP contribution in [0.15, 0.2) is 41.3 Å². The first kappa shape index (κ1) is 18.6. The summed E-state index contributed by atoms with van der Waals surface area (Å²) in [6.45, 7) is 1.65. The third kappa shape index (κ3) is 4.32. The molecule has 0 atom stereocenters. The van der Waals surface area contributed by atoms with Gasteiger partial charge in [-0.1, -0.05) is 23.2 Å². The highest BCUT2D eigenvalue weighted by Crippen LogP contribution is 2.30. The van der Waals surface area contributed by atoms with E-state index < -0.39 is 5.82 Å². The lowest BCUT2D eigenvalue weighted by Crippen LogP contribution is -2.14. The van der Waals surface area contributed by atoms with Crippen LogP contribution in [0.25, 0.3) is 5.69 Å². The van der Waals surface area contributed by atoms with E-state index in [1.165, 1.54) is 34.6 Å². The maximum atomic E-state index is 14.0. The van der Waals surface area contributed by atoms with E-state index in [2.05, 4.69) is 20.8 Å². The van der Waals surface area contributed by atoms with E-state index >= 15 is 0 Å². The number of benzene rings is 2. The fourth-order valence-electron chi connectivity index (χ4n) is 2.14. The van der Waals surface area contributed by atoms with Crippen molar-refractivity contribution in [2.24, 2.45) is 0 Å². The van der Waals surface area contributed by atoms with Gasteiger partial charge < -0.3 is 5.32 Å². The Morgan fingerprint density at radius 2 is 2.08 bits per heavy atom. The van der Waals surface area contributed by atoms with Crippen LogP contribution in [0.3, 0.4) is 0 Å². The van der Waals surface area contributed by atoms with Crippen molar-refractivity contribution in [2.75, 3.05) is 11.1 Å². The summed E-state index contributed by atoms with van der Waals surface area (Å²) in [6, 6.07) is 9.21. The van der Waals surface area contributed by atoms with Crippen LogP contribution in [0.1, 0.15) is 5.82 Å². The molecule has 10 heteroatoms. The Labute approximate surface area is 162 Å². The van der Waals surface area contributed by atoms with Gasteiger partial charge in [0.25, 0.3) is 0 Å². The van der Waals surface area contributed by atoms with Crippen molar-refractivity contribution < 1.29 is 9.18 Å². The largest absolute Gasteiger partial charge is 0.325 e. The number of hydrogen-bond donors (Lipinski definition) is 1. The number of carbonyl (C=O) groups is 1. The summed E-state index contributed by atoms with van der Waals surface area (Å²) < 4.78 is 15.3. The van der Waals surface area contributed by atoms with E-state index in [9.17, 15) is 9.18 Å². The second-order valence-corrected chi connectivity index (χ2v) is 7.08. The zero-order valence-electron chi connectivity index (χ0n) is 13.4. The number of aromatic nitrogens is 4. The standard InChI is InChI=1S/C16H12Cl2FN5OS/c1-9-21-22-23-24(9)14-7-11(3-5-13(14)19)20-16(25)8-26-15-6-10(17)2-4-12(15)18/h2-7H,8H2,1H3,(H,20,25). The number of nitrogens with one attached hydrogen (secondary N) is 1. The van der Waals surface area contributed by atoms with Gasteiger partial charge in [-0.25, -0.2) is 4.39 Å². The van der Waals surface area contributed by atoms with Crippen LogP contribution in [0.4, 0.5) is 10.1 Å². The number of anilines is 1. The monoisotopic (exact) mass is 411 g/mol. The van der Waals surface area contributed by atoms with Crippen molar-refractivity contribution >= 4 is 46.6 Å². The summed E-state index contributed by atoms with van der Waals surface area (Å²) in [7, 11) is 0. The Kier molecular flexibility index (Phi) is 5.75. The van der Waals surface area contributed by atoms with Crippen molar-refractivity contribution in [1.29, 1.82) is 0 Å². The molecule has 0 aliphatic heterocycles. The minimum atomic E-state index is -0.501. The molecule has 3 rings (SSSR count). The van der Waals surface area contributed by atoms with Gasteiger partial charge in [-0.05, 0) is 53.7 Å². The van der Waals surface area contributed by atoms with Crippen molar-refractivity contribution in [3.05, 3.63) is 58.1 Å². The second kappa shape index (κ2) is 8.03. The first-order chi connectivity index (χ1) is 12.4. The maximum Gasteiger partial charge on any atom is 0.234 e. The Bertz CT molecular complexity index is 966. The molecule has 6 nitrogen and oxygen atoms in total. The lowest BCUT2D eigenvalue weighted by Gasteiger charge is -2.09. The van der Waals surface area contributed by atoms with Gasteiger partial charge in [-0.3, -0.25) is 4.79 Å². The highest BCUT2D eigenvalue weighted by Gasteiger charge is 2.12. The van der Waals surface area contributed by atoms with Gasteiger partial charge >= 0.3 is 0 Å². The average molecular weight is 412 g/mol. The van der Waals surface area contributed by atoms with Crippen molar-refractivity contribution in [3.63, 3.8) is 0 Å². The van der Waals surface area contributed by atoms with Gasteiger partial charge in [0.1, 0.15) is 11.5 Å². The number of tetrazole rings is 1. The Balaban J connectivity index is 1.70. The molecule has 2 aromatic carbocycles.